The summed E-state index contributed by atoms with van der Waals surface area (Å²) in [6, 6.07) is 11.4. The summed E-state index contributed by atoms with van der Waals surface area (Å²) in [4.78, 5) is 26.2. The Hall–Kier alpha value is -2.63. The summed E-state index contributed by atoms with van der Waals surface area (Å²) in [5.74, 6) is 0.647. The number of hydrogen-bond acceptors (Lipinski definition) is 4. The third-order valence-corrected chi connectivity index (χ3v) is 3.62. The Bertz CT molecular complexity index is 680. The van der Waals surface area contributed by atoms with E-state index in [1.165, 1.54) is 0 Å². The minimum absolute atomic E-state index is 0.00278. The lowest BCUT2D eigenvalue weighted by Gasteiger charge is -2.26. The Balaban J connectivity index is 1.90. The van der Waals surface area contributed by atoms with Crippen LogP contribution in [0.3, 0.4) is 0 Å². The van der Waals surface area contributed by atoms with Gasteiger partial charge in [0.05, 0.1) is 0 Å². The molecule has 1 aromatic carbocycles. The Kier molecular flexibility index (Phi) is 6.12. The molecule has 0 spiro atoms. The topological polar surface area (TPSA) is 75.4 Å². The second-order valence-corrected chi connectivity index (χ2v) is 5.97. The summed E-state index contributed by atoms with van der Waals surface area (Å²) in [5, 5.41) is 6.36. The SMILES string of the molecule is Cc1cc(NC(=O)CN(C(=O)CCc2ccccc2)C(C)C)no1. The average molecular weight is 329 g/mol. The van der Waals surface area contributed by atoms with E-state index in [1.54, 1.807) is 17.9 Å². The molecule has 0 aliphatic rings. The van der Waals surface area contributed by atoms with Gasteiger partial charge in [-0.25, -0.2) is 0 Å². The zero-order valence-electron chi connectivity index (χ0n) is 14.3. The van der Waals surface area contributed by atoms with E-state index in [0.29, 0.717) is 24.4 Å². The van der Waals surface area contributed by atoms with E-state index in [9.17, 15) is 9.59 Å². The normalized spacial score (nSPS) is 10.7. The van der Waals surface area contributed by atoms with Gasteiger partial charge in [0, 0.05) is 18.5 Å². The fourth-order valence-electron chi connectivity index (χ4n) is 2.36. The number of amides is 2. The zero-order valence-corrected chi connectivity index (χ0v) is 14.3. The molecule has 2 amide bonds. The Morgan fingerprint density at radius 1 is 1.25 bits per heavy atom. The number of anilines is 1. The van der Waals surface area contributed by atoms with Gasteiger partial charge in [-0.3, -0.25) is 9.59 Å². The van der Waals surface area contributed by atoms with Crippen LogP contribution in [0.1, 0.15) is 31.6 Å². The van der Waals surface area contributed by atoms with E-state index in [2.05, 4.69) is 10.5 Å². The van der Waals surface area contributed by atoms with E-state index < -0.39 is 0 Å². The molecule has 0 unspecified atom stereocenters. The van der Waals surface area contributed by atoms with Crippen LogP contribution in [0.15, 0.2) is 40.9 Å². The Labute approximate surface area is 141 Å². The molecule has 0 radical (unpaired) electrons. The van der Waals surface area contributed by atoms with E-state index in [0.717, 1.165) is 5.56 Å². The lowest BCUT2D eigenvalue weighted by molar-refractivity contribution is -0.136. The van der Waals surface area contributed by atoms with Crippen LogP contribution in [0.4, 0.5) is 5.82 Å². The maximum Gasteiger partial charge on any atom is 0.245 e. The fourth-order valence-corrected chi connectivity index (χ4v) is 2.36. The summed E-state index contributed by atoms with van der Waals surface area (Å²) >= 11 is 0. The van der Waals surface area contributed by atoms with Gasteiger partial charge in [0.1, 0.15) is 12.3 Å². The van der Waals surface area contributed by atoms with E-state index >= 15 is 0 Å². The molecule has 6 nitrogen and oxygen atoms in total. The van der Waals surface area contributed by atoms with Gasteiger partial charge in [-0.2, -0.15) is 0 Å². The van der Waals surface area contributed by atoms with Crippen LogP contribution in [0, 0.1) is 6.92 Å². The van der Waals surface area contributed by atoms with Gasteiger partial charge < -0.3 is 14.7 Å². The van der Waals surface area contributed by atoms with Gasteiger partial charge in [-0.05, 0) is 32.8 Å². The maximum absolute atomic E-state index is 12.5. The second-order valence-electron chi connectivity index (χ2n) is 5.97. The molecule has 1 heterocycles. The van der Waals surface area contributed by atoms with Crippen molar-refractivity contribution in [3.8, 4) is 0 Å². The molecule has 0 fully saturated rings. The molecule has 2 aromatic rings. The smallest absolute Gasteiger partial charge is 0.245 e. The first-order valence-corrected chi connectivity index (χ1v) is 8.02. The lowest BCUT2D eigenvalue weighted by atomic mass is 10.1. The van der Waals surface area contributed by atoms with Crippen LogP contribution < -0.4 is 5.32 Å². The summed E-state index contributed by atoms with van der Waals surface area (Å²) in [5.41, 5.74) is 1.11. The van der Waals surface area contributed by atoms with Crippen molar-refractivity contribution in [1.82, 2.24) is 10.1 Å². The van der Waals surface area contributed by atoms with Crippen molar-refractivity contribution in [1.29, 1.82) is 0 Å². The highest BCUT2D eigenvalue weighted by Crippen LogP contribution is 2.10. The number of benzene rings is 1. The molecule has 0 aliphatic carbocycles. The third kappa shape index (κ3) is 5.22. The molecule has 6 heteroatoms. The first-order valence-electron chi connectivity index (χ1n) is 8.02. The molecule has 2 rings (SSSR count). The minimum atomic E-state index is -0.287. The summed E-state index contributed by atoms with van der Waals surface area (Å²) in [6.07, 6.45) is 1.03. The molecule has 24 heavy (non-hydrogen) atoms. The molecule has 0 bridgehead atoms. The minimum Gasteiger partial charge on any atom is -0.360 e. The van der Waals surface area contributed by atoms with Gasteiger partial charge in [0.2, 0.25) is 11.8 Å². The predicted octanol–water partition coefficient (Wildman–Crippen LogP) is 2.79. The standard InChI is InChI=1S/C18H23N3O3/c1-13(2)21(12-17(22)19-16-11-14(3)24-20-16)18(23)10-9-15-7-5-4-6-8-15/h4-8,11,13H,9-10,12H2,1-3H3,(H,19,20,22). The monoisotopic (exact) mass is 329 g/mol. The van der Waals surface area contributed by atoms with Gasteiger partial charge in [0.25, 0.3) is 0 Å². The van der Waals surface area contributed by atoms with Gasteiger partial charge in [0.15, 0.2) is 5.82 Å². The number of carbonyl (C=O) groups is 2. The van der Waals surface area contributed by atoms with Crippen molar-refractivity contribution >= 4 is 17.6 Å². The van der Waals surface area contributed by atoms with Crippen molar-refractivity contribution in [2.45, 2.75) is 39.7 Å². The quantitative estimate of drug-likeness (QED) is 0.847. The number of nitrogens with one attached hydrogen (secondary N) is 1. The third-order valence-electron chi connectivity index (χ3n) is 3.62. The molecule has 0 saturated carbocycles. The first-order chi connectivity index (χ1) is 11.5. The van der Waals surface area contributed by atoms with Crippen molar-refractivity contribution < 1.29 is 14.1 Å². The van der Waals surface area contributed by atoms with Crippen molar-refractivity contribution in [2.75, 3.05) is 11.9 Å². The number of aromatic nitrogens is 1. The molecule has 0 atom stereocenters. The number of carbonyl (C=O) groups excluding carboxylic acids is 2. The van der Waals surface area contributed by atoms with Crippen LogP contribution in [-0.2, 0) is 16.0 Å². The van der Waals surface area contributed by atoms with Crippen LogP contribution >= 0.6 is 0 Å². The van der Waals surface area contributed by atoms with Crippen LogP contribution in [0.5, 0.6) is 0 Å². The highest BCUT2D eigenvalue weighted by Gasteiger charge is 2.20. The van der Waals surface area contributed by atoms with Gasteiger partial charge in [-0.15, -0.1) is 0 Å². The van der Waals surface area contributed by atoms with Crippen molar-refractivity contribution in [2.24, 2.45) is 0 Å². The lowest BCUT2D eigenvalue weighted by Crippen LogP contribution is -2.42. The number of nitrogens with zero attached hydrogens (tertiary/aromatic N) is 2. The zero-order chi connectivity index (χ0) is 17.5. The molecule has 0 saturated heterocycles. The largest absolute Gasteiger partial charge is 0.360 e. The number of hydrogen-bond donors (Lipinski definition) is 1. The van der Waals surface area contributed by atoms with E-state index in [-0.39, 0.29) is 24.4 Å². The van der Waals surface area contributed by atoms with Gasteiger partial charge >= 0.3 is 0 Å². The summed E-state index contributed by atoms with van der Waals surface area (Å²) in [6.45, 7) is 5.54. The molecular weight excluding hydrogens is 306 g/mol. The predicted molar refractivity (Wildman–Crippen MR) is 91.5 cm³/mol. The molecule has 1 N–H and O–H groups in total. The van der Waals surface area contributed by atoms with Crippen LogP contribution in [0.2, 0.25) is 0 Å². The summed E-state index contributed by atoms with van der Waals surface area (Å²) in [7, 11) is 0. The highest BCUT2D eigenvalue weighted by atomic mass is 16.5. The van der Waals surface area contributed by atoms with E-state index in [1.807, 2.05) is 44.2 Å². The van der Waals surface area contributed by atoms with E-state index in [4.69, 9.17) is 4.52 Å². The van der Waals surface area contributed by atoms with Crippen LogP contribution in [-0.4, -0.2) is 34.5 Å². The Morgan fingerprint density at radius 2 is 1.96 bits per heavy atom. The van der Waals surface area contributed by atoms with Crippen LogP contribution in [0.25, 0.3) is 0 Å². The average Bonchev–Trinajstić information content (AvgIpc) is 2.96. The fraction of sp³-hybridized carbons (Fsp3) is 0.389. The van der Waals surface area contributed by atoms with Gasteiger partial charge in [-0.1, -0.05) is 35.5 Å². The van der Waals surface area contributed by atoms with Crippen molar-refractivity contribution in [3.63, 3.8) is 0 Å². The molecular formula is C18H23N3O3. The Morgan fingerprint density at radius 3 is 2.54 bits per heavy atom. The first kappa shape index (κ1) is 17.7. The highest BCUT2D eigenvalue weighted by molar-refractivity contribution is 5.93. The maximum atomic E-state index is 12.5. The molecule has 0 aliphatic heterocycles. The molecule has 1 aromatic heterocycles. The molecule has 128 valence electrons. The number of aryl methyl sites for hydroxylation is 2. The summed E-state index contributed by atoms with van der Waals surface area (Å²) < 4.78 is 4.91. The number of rotatable bonds is 7. The van der Waals surface area contributed by atoms with Crippen molar-refractivity contribution in [3.05, 3.63) is 47.7 Å². The second kappa shape index (κ2) is 8.29.